The summed E-state index contributed by atoms with van der Waals surface area (Å²) in [5.74, 6) is 1.08. The highest BCUT2D eigenvalue weighted by atomic mass is 16.6. The summed E-state index contributed by atoms with van der Waals surface area (Å²) in [5.41, 5.74) is -0.712. The number of rotatable bonds is 4. The molecule has 0 aliphatic carbocycles. The van der Waals surface area contributed by atoms with Crippen LogP contribution in [0.5, 0.6) is 0 Å². The molecule has 1 saturated heterocycles. The summed E-state index contributed by atoms with van der Waals surface area (Å²) in [4.78, 5) is 39.3. The molecule has 1 atom stereocenters. The molecule has 30 heavy (non-hydrogen) atoms. The molecule has 1 fully saturated rings. The van der Waals surface area contributed by atoms with E-state index in [2.05, 4.69) is 20.3 Å². The standard InChI is InChI=1S/C19H25N7O4/c1-13-11-24(18(27)30-19(2,3)4)9-10-25(13)16-6-5-14(26(28)29)17(23-16)22-15-7-8-20-12-21-15/h5-8,12-13H,9-11H2,1-4H3,(H,20,21,22,23)/t13-/m0/s1. The predicted octanol–water partition coefficient (Wildman–Crippen LogP) is 2.97. The van der Waals surface area contributed by atoms with Crippen LogP contribution in [-0.2, 0) is 4.74 Å². The molecule has 0 spiro atoms. The number of amides is 1. The second kappa shape index (κ2) is 8.47. The van der Waals surface area contributed by atoms with Crippen molar-refractivity contribution in [2.24, 2.45) is 0 Å². The van der Waals surface area contributed by atoms with Gasteiger partial charge in [0.2, 0.25) is 5.82 Å². The van der Waals surface area contributed by atoms with Crippen molar-refractivity contribution >= 4 is 29.2 Å². The van der Waals surface area contributed by atoms with Gasteiger partial charge in [0.15, 0.2) is 0 Å². The lowest BCUT2D eigenvalue weighted by Gasteiger charge is -2.40. The zero-order valence-corrected chi connectivity index (χ0v) is 17.4. The Labute approximate surface area is 174 Å². The van der Waals surface area contributed by atoms with Gasteiger partial charge in [-0.25, -0.2) is 19.7 Å². The van der Waals surface area contributed by atoms with Crippen molar-refractivity contribution in [1.29, 1.82) is 0 Å². The van der Waals surface area contributed by atoms with Crippen molar-refractivity contribution < 1.29 is 14.5 Å². The number of pyridine rings is 1. The Morgan fingerprint density at radius 2 is 2.07 bits per heavy atom. The van der Waals surface area contributed by atoms with Crippen LogP contribution in [0, 0.1) is 10.1 Å². The summed E-state index contributed by atoms with van der Waals surface area (Å²) in [6, 6.07) is 4.58. The van der Waals surface area contributed by atoms with Crippen LogP contribution in [0.25, 0.3) is 0 Å². The molecule has 3 heterocycles. The zero-order chi connectivity index (χ0) is 21.9. The summed E-state index contributed by atoms with van der Waals surface area (Å²) in [7, 11) is 0. The molecular formula is C19H25N7O4. The number of anilines is 3. The average molecular weight is 415 g/mol. The van der Waals surface area contributed by atoms with E-state index in [1.54, 1.807) is 17.0 Å². The van der Waals surface area contributed by atoms with E-state index in [0.29, 0.717) is 31.3 Å². The molecule has 11 nitrogen and oxygen atoms in total. The van der Waals surface area contributed by atoms with Crippen molar-refractivity contribution in [2.75, 3.05) is 29.9 Å². The highest BCUT2D eigenvalue weighted by Gasteiger charge is 2.31. The molecule has 3 rings (SSSR count). The molecule has 11 heteroatoms. The first-order valence-electron chi connectivity index (χ1n) is 9.57. The normalized spacial score (nSPS) is 16.9. The van der Waals surface area contributed by atoms with Gasteiger partial charge >= 0.3 is 11.8 Å². The van der Waals surface area contributed by atoms with Gasteiger partial charge < -0.3 is 19.9 Å². The van der Waals surface area contributed by atoms with Crippen LogP contribution in [0.2, 0.25) is 0 Å². The van der Waals surface area contributed by atoms with E-state index in [9.17, 15) is 14.9 Å². The van der Waals surface area contributed by atoms with Crippen LogP contribution in [0.1, 0.15) is 27.7 Å². The Bertz CT molecular complexity index is 917. The number of hydrogen-bond donors (Lipinski definition) is 1. The minimum Gasteiger partial charge on any atom is -0.444 e. The number of hydrogen-bond acceptors (Lipinski definition) is 9. The second-order valence-electron chi connectivity index (χ2n) is 7.98. The van der Waals surface area contributed by atoms with E-state index >= 15 is 0 Å². The number of piperazine rings is 1. The summed E-state index contributed by atoms with van der Waals surface area (Å²) >= 11 is 0. The molecule has 0 unspecified atom stereocenters. The molecule has 0 bridgehead atoms. The topological polar surface area (TPSA) is 127 Å². The molecule has 1 aliphatic rings. The first-order chi connectivity index (χ1) is 14.1. The van der Waals surface area contributed by atoms with Crippen molar-refractivity contribution in [1.82, 2.24) is 19.9 Å². The molecule has 2 aromatic rings. The average Bonchev–Trinajstić information content (AvgIpc) is 2.67. The number of nitrogens with zero attached hydrogens (tertiary/aromatic N) is 6. The molecular weight excluding hydrogens is 390 g/mol. The fourth-order valence-electron chi connectivity index (χ4n) is 3.12. The molecule has 0 aromatic carbocycles. The van der Waals surface area contributed by atoms with E-state index in [0.717, 1.165) is 0 Å². The zero-order valence-electron chi connectivity index (χ0n) is 17.4. The first kappa shape index (κ1) is 21.2. The number of carbonyl (C=O) groups is 1. The van der Waals surface area contributed by atoms with Gasteiger partial charge in [-0.3, -0.25) is 10.1 Å². The van der Waals surface area contributed by atoms with E-state index in [1.807, 2.05) is 32.6 Å². The minimum absolute atomic E-state index is 0.0490. The van der Waals surface area contributed by atoms with Crippen LogP contribution in [0.3, 0.4) is 0 Å². The van der Waals surface area contributed by atoms with Gasteiger partial charge in [0.25, 0.3) is 0 Å². The van der Waals surface area contributed by atoms with Crippen LogP contribution < -0.4 is 10.2 Å². The second-order valence-corrected chi connectivity index (χ2v) is 7.98. The lowest BCUT2D eigenvalue weighted by Crippen LogP contribution is -2.54. The van der Waals surface area contributed by atoms with Gasteiger partial charge in [-0.1, -0.05) is 0 Å². The van der Waals surface area contributed by atoms with Crippen molar-refractivity contribution in [2.45, 2.75) is 39.3 Å². The molecule has 1 amide bonds. The third kappa shape index (κ3) is 5.10. The highest BCUT2D eigenvalue weighted by Crippen LogP contribution is 2.29. The Balaban J connectivity index is 1.78. The summed E-state index contributed by atoms with van der Waals surface area (Å²) < 4.78 is 5.45. The fraction of sp³-hybridized carbons (Fsp3) is 0.474. The van der Waals surface area contributed by atoms with Gasteiger partial charge in [0.05, 0.1) is 4.92 Å². The fourth-order valence-corrected chi connectivity index (χ4v) is 3.12. The molecule has 0 radical (unpaired) electrons. The molecule has 1 N–H and O–H groups in total. The van der Waals surface area contributed by atoms with E-state index in [-0.39, 0.29) is 23.6 Å². The minimum atomic E-state index is -0.557. The number of carbonyl (C=O) groups excluding carboxylic acids is 1. The molecule has 0 saturated carbocycles. The number of nitro groups is 1. The maximum Gasteiger partial charge on any atom is 0.410 e. The van der Waals surface area contributed by atoms with Gasteiger partial charge in [-0.2, -0.15) is 0 Å². The summed E-state index contributed by atoms with van der Waals surface area (Å²) in [6.45, 7) is 8.91. The largest absolute Gasteiger partial charge is 0.444 e. The van der Waals surface area contributed by atoms with Gasteiger partial charge in [-0.15, -0.1) is 0 Å². The smallest absolute Gasteiger partial charge is 0.410 e. The van der Waals surface area contributed by atoms with Crippen LogP contribution in [0.15, 0.2) is 30.7 Å². The molecule has 2 aromatic heterocycles. The quantitative estimate of drug-likeness (QED) is 0.592. The third-order valence-electron chi connectivity index (χ3n) is 4.46. The number of nitrogens with one attached hydrogen (secondary N) is 1. The third-order valence-corrected chi connectivity index (χ3v) is 4.46. The summed E-state index contributed by atoms with van der Waals surface area (Å²) in [6.07, 6.45) is 2.52. The van der Waals surface area contributed by atoms with Gasteiger partial charge in [-0.05, 0) is 39.8 Å². The van der Waals surface area contributed by atoms with Crippen molar-refractivity contribution in [3.05, 3.63) is 40.8 Å². The monoisotopic (exact) mass is 415 g/mol. The van der Waals surface area contributed by atoms with Crippen LogP contribution in [0.4, 0.5) is 27.9 Å². The van der Waals surface area contributed by atoms with Gasteiger partial charge in [0.1, 0.15) is 23.6 Å². The van der Waals surface area contributed by atoms with E-state index in [4.69, 9.17) is 4.74 Å². The summed E-state index contributed by atoms with van der Waals surface area (Å²) in [5, 5.41) is 14.3. The van der Waals surface area contributed by atoms with E-state index < -0.39 is 10.5 Å². The molecule has 160 valence electrons. The Hall–Kier alpha value is -3.50. The SMILES string of the molecule is C[C@H]1CN(C(=O)OC(C)(C)C)CCN1c1ccc([N+](=O)[O-])c(Nc2ccncn2)n1. The van der Waals surface area contributed by atoms with Crippen LogP contribution in [-0.4, -0.2) is 62.1 Å². The lowest BCUT2D eigenvalue weighted by atomic mass is 10.2. The number of ether oxygens (including phenoxy) is 1. The highest BCUT2D eigenvalue weighted by molar-refractivity contribution is 5.69. The lowest BCUT2D eigenvalue weighted by molar-refractivity contribution is -0.384. The van der Waals surface area contributed by atoms with Crippen LogP contribution >= 0.6 is 0 Å². The number of aromatic nitrogens is 3. The Morgan fingerprint density at radius 3 is 2.67 bits per heavy atom. The van der Waals surface area contributed by atoms with Crippen molar-refractivity contribution in [3.63, 3.8) is 0 Å². The predicted molar refractivity (Wildman–Crippen MR) is 111 cm³/mol. The maximum atomic E-state index is 12.4. The Kier molecular flexibility index (Phi) is 5.99. The van der Waals surface area contributed by atoms with E-state index in [1.165, 1.54) is 18.6 Å². The van der Waals surface area contributed by atoms with Crippen molar-refractivity contribution in [3.8, 4) is 0 Å². The maximum absolute atomic E-state index is 12.4. The Morgan fingerprint density at radius 1 is 1.30 bits per heavy atom. The molecule has 1 aliphatic heterocycles. The first-order valence-corrected chi connectivity index (χ1v) is 9.57. The van der Waals surface area contributed by atoms with Gasteiger partial charge in [0, 0.05) is 37.9 Å².